The molecule has 2 heterocycles. The molecule has 0 aliphatic rings. The van der Waals surface area contributed by atoms with Crippen LogP contribution < -0.4 is 5.43 Å². The van der Waals surface area contributed by atoms with Crippen LogP contribution in [0.5, 0.6) is 0 Å². The van der Waals surface area contributed by atoms with Crippen molar-refractivity contribution in [2.45, 2.75) is 19.6 Å². The maximum absolute atomic E-state index is 12.0. The predicted octanol–water partition coefficient (Wildman–Crippen LogP) is 1.91. The van der Waals surface area contributed by atoms with Gasteiger partial charge >= 0.3 is 11.9 Å². The molecule has 0 saturated heterocycles. The van der Waals surface area contributed by atoms with Crippen LogP contribution in [0.2, 0.25) is 0 Å². The summed E-state index contributed by atoms with van der Waals surface area (Å²) in [6.45, 7) is 0.0796. The van der Waals surface area contributed by atoms with Gasteiger partial charge in [0, 0.05) is 5.39 Å². The van der Waals surface area contributed by atoms with E-state index >= 15 is 0 Å². The SMILES string of the molecule is COC(=O)c1ccoc1COC(=O)CCn1ncc(=O)c2ccccc21. The van der Waals surface area contributed by atoms with Crippen LogP contribution in [0.15, 0.2) is 52.0 Å². The third kappa shape index (κ3) is 3.64. The number of para-hydroxylation sites is 1. The molecule has 0 bridgehead atoms. The first-order valence-electron chi connectivity index (χ1n) is 7.85. The third-order valence-corrected chi connectivity index (χ3v) is 3.80. The first-order chi connectivity index (χ1) is 12.6. The number of benzene rings is 1. The molecule has 0 aliphatic carbocycles. The van der Waals surface area contributed by atoms with Crippen molar-refractivity contribution in [1.82, 2.24) is 9.78 Å². The highest BCUT2D eigenvalue weighted by Crippen LogP contribution is 2.14. The molecule has 0 amide bonds. The molecule has 0 unspecified atom stereocenters. The number of aryl methyl sites for hydroxylation is 1. The van der Waals surface area contributed by atoms with E-state index in [1.165, 1.54) is 25.6 Å². The van der Waals surface area contributed by atoms with Crippen LogP contribution in [0.4, 0.5) is 0 Å². The maximum atomic E-state index is 12.0. The summed E-state index contributed by atoms with van der Waals surface area (Å²) >= 11 is 0. The minimum absolute atomic E-state index is 0.0497. The summed E-state index contributed by atoms with van der Waals surface area (Å²) < 4.78 is 16.5. The monoisotopic (exact) mass is 356 g/mol. The van der Waals surface area contributed by atoms with Gasteiger partial charge in [0.05, 0.1) is 38.1 Å². The number of carbonyl (C=O) groups excluding carboxylic acids is 2. The Labute approximate surface area is 147 Å². The highest BCUT2D eigenvalue weighted by Gasteiger charge is 2.16. The lowest BCUT2D eigenvalue weighted by Gasteiger charge is -2.09. The van der Waals surface area contributed by atoms with Crippen LogP contribution in [-0.4, -0.2) is 28.8 Å². The number of esters is 2. The van der Waals surface area contributed by atoms with Crippen LogP contribution >= 0.6 is 0 Å². The number of aromatic nitrogens is 2. The van der Waals surface area contributed by atoms with Crippen molar-refractivity contribution in [3.63, 3.8) is 0 Å². The number of nitrogens with zero attached hydrogens (tertiary/aromatic N) is 2. The van der Waals surface area contributed by atoms with Crippen molar-refractivity contribution in [2.24, 2.45) is 0 Å². The molecular weight excluding hydrogens is 340 g/mol. The summed E-state index contributed by atoms with van der Waals surface area (Å²) in [6, 6.07) is 8.49. The average molecular weight is 356 g/mol. The summed E-state index contributed by atoms with van der Waals surface area (Å²) in [5.74, 6) is -0.826. The highest BCUT2D eigenvalue weighted by molar-refractivity contribution is 5.90. The van der Waals surface area contributed by atoms with Gasteiger partial charge in [0.25, 0.3) is 0 Å². The van der Waals surface area contributed by atoms with E-state index in [0.29, 0.717) is 10.9 Å². The molecule has 2 aromatic heterocycles. The van der Waals surface area contributed by atoms with Gasteiger partial charge in [-0.1, -0.05) is 12.1 Å². The molecule has 0 aliphatic heterocycles. The normalized spacial score (nSPS) is 10.7. The molecule has 0 spiro atoms. The summed E-state index contributed by atoms with van der Waals surface area (Å²) in [7, 11) is 1.26. The number of hydrogen-bond acceptors (Lipinski definition) is 7. The lowest BCUT2D eigenvalue weighted by atomic mass is 10.2. The fourth-order valence-electron chi connectivity index (χ4n) is 2.50. The summed E-state index contributed by atoms with van der Waals surface area (Å²) in [5.41, 5.74) is 0.688. The zero-order valence-corrected chi connectivity index (χ0v) is 14.0. The molecule has 0 fully saturated rings. The van der Waals surface area contributed by atoms with E-state index < -0.39 is 11.9 Å². The fourth-order valence-corrected chi connectivity index (χ4v) is 2.50. The second-order valence-corrected chi connectivity index (χ2v) is 5.41. The van der Waals surface area contributed by atoms with E-state index in [1.807, 2.05) is 0 Å². The number of ether oxygens (including phenoxy) is 2. The van der Waals surface area contributed by atoms with Crippen molar-refractivity contribution in [2.75, 3.05) is 7.11 Å². The Hall–Kier alpha value is -3.42. The number of furan rings is 1. The van der Waals surface area contributed by atoms with Crippen molar-refractivity contribution in [3.05, 3.63) is 64.3 Å². The van der Waals surface area contributed by atoms with Crippen molar-refractivity contribution >= 4 is 22.8 Å². The number of rotatable bonds is 6. The van der Waals surface area contributed by atoms with Gasteiger partial charge in [-0.15, -0.1) is 0 Å². The van der Waals surface area contributed by atoms with Crippen LogP contribution in [0.1, 0.15) is 22.5 Å². The topological polar surface area (TPSA) is 101 Å². The zero-order chi connectivity index (χ0) is 18.5. The molecule has 0 N–H and O–H groups in total. The van der Waals surface area contributed by atoms with E-state index in [1.54, 1.807) is 28.9 Å². The molecular formula is C18H16N2O6. The maximum Gasteiger partial charge on any atom is 0.341 e. The third-order valence-electron chi connectivity index (χ3n) is 3.80. The summed E-state index contributed by atoms with van der Waals surface area (Å²) in [6.07, 6.45) is 2.60. The minimum Gasteiger partial charge on any atom is -0.465 e. The molecule has 8 heteroatoms. The van der Waals surface area contributed by atoms with Gasteiger partial charge in [-0.25, -0.2) is 4.79 Å². The molecule has 3 rings (SSSR count). The molecule has 0 radical (unpaired) electrons. The standard InChI is InChI=1S/C18H16N2O6/c1-24-18(23)13-7-9-25-16(13)11-26-17(22)6-8-20-14-5-3-2-4-12(14)15(21)10-19-20/h2-5,7,9-10H,6,8,11H2,1H3. The number of fused-ring (bicyclic) bond motifs is 1. The predicted molar refractivity (Wildman–Crippen MR) is 90.5 cm³/mol. The van der Waals surface area contributed by atoms with Gasteiger partial charge < -0.3 is 13.9 Å². The van der Waals surface area contributed by atoms with Gasteiger partial charge in [-0.3, -0.25) is 14.3 Å². The van der Waals surface area contributed by atoms with Crippen LogP contribution in [-0.2, 0) is 27.4 Å². The lowest BCUT2D eigenvalue weighted by molar-refractivity contribution is -0.145. The molecule has 0 atom stereocenters. The Kier molecular flexibility index (Phi) is 5.12. The van der Waals surface area contributed by atoms with E-state index in [-0.39, 0.29) is 36.3 Å². The zero-order valence-electron chi connectivity index (χ0n) is 14.0. The van der Waals surface area contributed by atoms with Crippen LogP contribution in [0.25, 0.3) is 10.9 Å². The van der Waals surface area contributed by atoms with Gasteiger partial charge in [0.1, 0.15) is 12.2 Å². The van der Waals surface area contributed by atoms with E-state index in [0.717, 1.165) is 0 Å². The number of methoxy groups -OCH3 is 1. The molecule has 0 saturated carbocycles. The summed E-state index contributed by atoms with van der Waals surface area (Å²) in [5, 5.41) is 4.59. The quantitative estimate of drug-likeness (QED) is 0.622. The average Bonchev–Trinajstić information content (AvgIpc) is 3.14. The van der Waals surface area contributed by atoms with Gasteiger partial charge in [0.15, 0.2) is 5.76 Å². The second kappa shape index (κ2) is 7.64. The lowest BCUT2D eigenvalue weighted by Crippen LogP contribution is -2.15. The van der Waals surface area contributed by atoms with Crippen molar-refractivity contribution in [1.29, 1.82) is 0 Å². The first kappa shape index (κ1) is 17.4. The van der Waals surface area contributed by atoms with E-state index in [9.17, 15) is 14.4 Å². The number of carbonyl (C=O) groups is 2. The fraction of sp³-hybridized carbons (Fsp3) is 0.222. The Bertz CT molecular complexity index is 1000. The Morgan fingerprint density at radius 1 is 1.23 bits per heavy atom. The first-order valence-corrected chi connectivity index (χ1v) is 7.85. The Morgan fingerprint density at radius 3 is 2.85 bits per heavy atom. The largest absolute Gasteiger partial charge is 0.465 e. The summed E-state index contributed by atoms with van der Waals surface area (Å²) in [4.78, 5) is 35.3. The van der Waals surface area contributed by atoms with Crippen molar-refractivity contribution < 1.29 is 23.5 Å². The van der Waals surface area contributed by atoms with E-state index in [4.69, 9.17) is 9.15 Å². The Balaban J connectivity index is 1.62. The molecule has 1 aromatic carbocycles. The van der Waals surface area contributed by atoms with Crippen LogP contribution in [0, 0.1) is 0 Å². The molecule has 134 valence electrons. The second-order valence-electron chi connectivity index (χ2n) is 5.41. The van der Waals surface area contributed by atoms with Gasteiger partial charge in [-0.05, 0) is 18.2 Å². The van der Waals surface area contributed by atoms with Crippen LogP contribution in [0.3, 0.4) is 0 Å². The van der Waals surface area contributed by atoms with E-state index in [2.05, 4.69) is 9.84 Å². The van der Waals surface area contributed by atoms with Gasteiger partial charge in [0.2, 0.25) is 5.43 Å². The molecule has 26 heavy (non-hydrogen) atoms. The Morgan fingerprint density at radius 2 is 2.04 bits per heavy atom. The smallest absolute Gasteiger partial charge is 0.341 e. The highest BCUT2D eigenvalue weighted by atomic mass is 16.5. The molecule has 8 nitrogen and oxygen atoms in total. The van der Waals surface area contributed by atoms with Gasteiger partial charge in [-0.2, -0.15) is 5.10 Å². The minimum atomic E-state index is -0.561. The van der Waals surface area contributed by atoms with Crippen molar-refractivity contribution in [3.8, 4) is 0 Å². The molecule has 3 aromatic rings. The number of hydrogen-bond donors (Lipinski definition) is 0.